The Hall–Kier alpha value is -1.48. The molecule has 2 heterocycles. The molecular weight excluding hydrogens is 246 g/mol. The van der Waals surface area contributed by atoms with Gasteiger partial charge in [-0.15, -0.1) is 0 Å². The number of hydrogen-bond acceptors (Lipinski definition) is 2. The monoisotopic (exact) mass is 266 g/mol. The van der Waals surface area contributed by atoms with Gasteiger partial charge in [0.25, 0.3) is 0 Å². The van der Waals surface area contributed by atoms with E-state index in [0.29, 0.717) is 6.04 Å². The maximum Gasteiger partial charge on any atom is 0.0929 e. The number of hydrogen-bond donors (Lipinski definition) is 0. The second-order valence-corrected chi connectivity index (χ2v) is 6.18. The van der Waals surface area contributed by atoms with Crippen molar-refractivity contribution in [2.24, 2.45) is 5.92 Å². The summed E-state index contributed by atoms with van der Waals surface area (Å²) in [7, 11) is 0. The van der Waals surface area contributed by atoms with Gasteiger partial charge in [-0.25, -0.2) is 5.32 Å². The normalized spacial score (nSPS) is 30.1. The summed E-state index contributed by atoms with van der Waals surface area (Å²) < 4.78 is 0. The van der Waals surface area contributed by atoms with Crippen molar-refractivity contribution in [1.82, 2.24) is 15.5 Å². The molecule has 2 aliphatic rings. The third-order valence-electron chi connectivity index (χ3n) is 4.91. The molecule has 1 aromatic heterocycles. The van der Waals surface area contributed by atoms with Gasteiger partial charge in [-0.3, -0.25) is 0 Å². The fourth-order valence-electron chi connectivity index (χ4n) is 3.79. The van der Waals surface area contributed by atoms with E-state index in [0.717, 1.165) is 23.5 Å². The zero-order valence-corrected chi connectivity index (χ0v) is 11.7. The molecule has 3 heteroatoms. The van der Waals surface area contributed by atoms with Crippen molar-refractivity contribution in [3.8, 4) is 0 Å². The molecule has 0 amide bonds. The Labute approximate surface area is 119 Å². The molecule has 2 fully saturated rings. The standard InChI is InChI=1S/C17H20N3/c1-3-7-14-12(5-1)9-10-16(18-14)17-11-13-6-2-4-8-15(13)19-20-17/h2,4,6,8,11-12,14,16H,1,3,5,7,9-10H2. The van der Waals surface area contributed by atoms with Gasteiger partial charge in [0.1, 0.15) is 0 Å². The van der Waals surface area contributed by atoms with Crippen molar-refractivity contribution in [1.29, 1.82) is 0 Å². The summed E-state index contributed by atoms with van der Waals surface area (Å²) in [4.78, 5) is 0. The Morgan fingerprint density at radius 1 is 0.900 bits per heavy atom. The highest BCUT2D eigenvalue weighted by molar-refractivity contribution is 5.77. The predicted molar refractivity (Wildman–Crippen MR) is 79.4 cm³/mol. The number of fused-ring (bicyclic) bond motifs is 2. The number of benzene rings is 1. The highest BCUT2D eigenvalue weighted by atomic mass is 15.1. The smallest absolute Gasteiger partial charge is 0.0929 e. The van der Waals surface area contributed by atoms with E-state index in [2.05, 4.69) is 28.4 Å². The van der Waals surface area contributed by atoms with Crippen LogP contribution in [0.25, 0.3) is 10.9 Å². The van der Waals surface area contributed by atoms with Gasteiger partial charge in [0.2, 0.25) is 0 Å². The molecular formula is C17H20N3. The minimum Gasteiger partial charge on any atom is -0.228 e. The fraction of sp³-hybridized carbons (Fsp3) is 0.529. The molecule has 20 heavy (non-hydrogen) atoms. The first-order chi connectivity index (χ1) is 9.90. The molecule has 4 rings (SSSR count). The molecule has 1 radical (unpaired) electrons. The SMILES string of the molecule is c1ccc2nnc(C3CCC4CCCCC4[N]3)cc2c1. The zero-order chi connectivity index (χ0) is 13.4. The summed E-state index contributed by atoms with van der Waals surface area (Å²) in [5.74, 6) is 0.841. The van der Waals surface area contributed by atoms with Crippen LogP contribution in [-0.4, -0.2) is 16.2 Å². The minimum absolute atomic E-state index is 0.270. The second-order valence-electron chi connectivity index (χ2n) is 6.18. The summed E-state index contributed by atoms with van der Waals surface area (Å²) in [5, 5.41) is 15.0. The topological polar surface area (TPSA) is 39.9 Å². The van der Waals surface area contributed by atoms with Crippen molar-refractivity contribution in [2.45, 2.75) is 50.6 Å². The molecule has 0 N–H and O–H groups in total. The summed E-state index contributed by atoms with van der Waals surface area (Å²) in [6.07, 6.45) is 7.87. The van der Waals surface area contributed by atoms with Gasteiger partial charge in [0.05, 0.1) is 17.3 Å². The van der Waals surface area contributed by atoms with Gasteiger partial charge in [0, 0.05) is 11.4 Å². The van der Waals surface area contributed by atoms with Crippen molar-refractivity contribution < 1.29 is 0 Å². The molecule has 2 aromatic rings. The van der Waals surface area contributed by atoms with E-state index in [4.69, 9.17) is 5.32 Å². The summed E-state index contributed by atoms with van der Waals surface area (Å²) in [5.41, 5.74) is 2.04. The number of aromatic nitrogens is 2. The number of piperidine rings is 1. The van der Waals surface area contributed by atoms with E-state index in [9.17, 15) is 0 Å². The average Bonchev–Trinajstić information content (AvgIpc) is 2.54. The highest BCUT2D eigenvalue weighted by Crippen LogP contribution is 2.37. The Bertz CT molecular complexity index is 610. The lowest BCUT2D eigenvalue weighted by molar-refractivity contribution is 0.169. The van der Waals surface area contributed by atoms with E-state index < -0.39 is 0 Å². The van der Waals surface area contributed by atoms with Crippen LogP contribution in [0.15, 0.2) is 30.3 Å². The van der Waals surface area contributed by atoms with Crippen molar-refractivity contribution >= 4 is 10.9 Å². The molecule has 0 spiro atoms. The molecule has 3 unspecified atom stereocenters. The van der Waals surface area contributed by atoms with Crippen molar-refractivity contribution in [3.63, 3.8) is 0 Å². The summed E-state index contributed by atoms with van der Waals surface area (Å²) in [6, 6.07) is 11.2. The van der Waals surface area contributed by atoms with Crippen LogP contribution in [0, 0.1) is 5.92 Å². The van der Waals surface area contributed by atoms with E-state index >= 15 is 0 Å². The van der Waals surface area contributed by atoms with Crippen LogP contribution >= 0.6 is 0 Å². The van der Waals surface area contributed by atoms with Crippen LogP contribution in [0.5, 0.6) is 0 Å². The van der Waals surface area contributed by atoms with Gasteiger partial charge in [-0.2, -0.15) is 10.2 Å². The van der Waals surface area contributed by atoms with Gasteiger partial charge in [0.15, 0.2) is 0 Å². The molecule has 1 saturated heterocycles. The van der Waals surface area contributed by atoms with Crippen molar-refractivity contribution in [2.75, 3.05) is 0 Å². The van der Waals surface area contributed by atoms with Gasteiger partial charge >= 0.3 is 0 Å². The first kappa shape index (κ1) is 12.3. The van der Waals surface area contributed by atoms with Crippen molar-refractivity contribution in [3.05, 3.63) is 36.0 Å². The summed E-state index contributed by atoms with van der Waals surface area (Å²) in [6.45, 7) is 0. The van der Waals surface area contributed by atoms with E-state index in [1.165, 1.54) is 37.5 Å². The maximum atomic E-state index is 5.08. The van der Waals surface area contributed by atoms with Crippen LogP contribution in [0.2, 0.25) is 0 Å². The molecule has 103 valence electrons. The lowest BCUT2D eigenvalue weighted by atomic mass is 9.77. The average molecular weight is 266 g/mol. The molecule has 1 saturated carbocycles. The molecule has 3 nitrogen and oxygen atoms in total. The zero-order valence-electron chi connectivity index (χ0n) is 11.7. The fourth-order valence-corrected chi connectivity index (χ4v) is 3.79. The Kier molecular flexibility index (Phi) is 3.15. The van der Waals surface area contributed by atoms with E-state index in [-0.39, 0.29) is 6.04 Å². The molecule has 0 bridgehead atoms. The highest BCUT2D eigenvalue weighted by Gasteiger charge is 2.34. The number of nitrogens with zero attached hydrogens (tertiary/aromatic N) is 3. The molecule has 1 aliphatic heterocycles. The predicted octanol–water partition coefficient (Wildman–Crippen LogP) is 3.63. The largest absolute Gasteiger partial charge is 0.228 e. The second kappa shape index (κ2) is 5.13. The third-order valence-corrected chi connectivity index (χ3v) is 4.91. The Morgan fingerprint density at radius 3 is 2.80 bits per heavy atom. The van der Waals surface area contributed by atoms with Gasteiger partial charge in [-0.1, -0.05) is 31.0 Å². The Balaban J connectivity index is 1.59. The first-order valence-electron chi connectivity index (χ1n) is 7.82. The minimum atomic E-state index is 0.270. The lowest BCUT2D eigenvalue weighted by Crippen LogP contribution is -2.40. The third kappa shape index (κ3) is 2.20. The lowest BCUT2D eigenvalue weighted by Gasteiger charge is -2.38. The summed E-state index contributed by atoms with van der Waals surface area (Å²) >= 11 is 0. The molecule has 1 aromatic carbocycles. The van der Waals surface area contributed by atoms with Crippen LogP contribution in [0.4, 0.5) is 0 Å². The quantitative estimate of drug-likeness (QED) is 0.790. The van der Waals surface area contributed by atoms with E-state index in [1.807, 2.05) is 12.1 Å². The Morgan fingerprint density at radius 2 is 1.80 bits per heavy atom. The molecule has 1 aliphatic carbocycles. The van der Waals surface area contributed by atoms with Crippen LogP contribution < -0.4 is 5.32 Å². The van der Waals surface area contributed by atoms with Crippen LogP contribution in [-0.2, 0) is 0 Å². The van der Waals surface area contributed by atoms with Crippen LogP contribution in [0.3, 0.4) is 0 Å². The van der Waals surface area contributed by atoms with E-state index in [1.54, 1.807) is 0 Å². The number of rotatable bonds is 1. The first-order valence-corrected chi connectivity index (χ1v) is 7.82. The van der Waals surface area contributed by atoms with Crippen LogP contribution in [0.1, 0.15) is 50.3 Å². The molecule has 3 atom stereocenters. The maximum absolute atomic E-state index is 5.08. The van der Waals surface area contributed by atoms with Gasteiger partial charge < -0.3 is 0 Å². The van der Waals surface area contributed by atoms with Gasteiger partial charge in [-0.05, 0) is 43.7 Å².